The molecule has 3 amide bonds. The highest BCUT2D eigenvalue weighted by Gasteiger charge is 2.42. The van der Waals surface area contributed by atoms with Crippen molar-refractivity contribution in [2.24, 2.45) is 0 Å². The van der Waals surface area contributed by atoms with Crippen LogP contribution in [-0.2, 0) is 6.42 Å². The van der Waals surface area contributed by atoms with Gasteiger partial charge in [0.1, 0.15) is 0 Å². The molecule has 6 nitrogen and oxygen atoms in total. The van der Waals surface area contributed by atoms with E-state index < -0.39 is 5.54 Å². The Bertz CT molecular complexity index is 1140. The topological polar surface area (TPSA) is 82.3 Å². The molecule has 1 aromatic heterocycles. The number of benzene rings is 2. The Hall–Kier alpha value is -3.41. The zero-order chi connectivity index (χ0) is 20.8. The summed E-state index contributed by atoms with van der Waals surface area (Å²) in [6.45, 7) is 5.91. The van der Waals surface area contributed by atoms with Crippen molar-refractivity contribution in [2.45, 2.75) is 32.7 Å². The van der Waals surface area contributed by atoms with Gasteiger partial charge >= 0.3 is 0 Å². The van der Waals surface area contributed by atoms with Crippen molar-refractivity contribution >= 4 is 28.6 Å². The lowest BCUT2D eigenvalue weighted by Gasteiger charge is -2.29. The van der Waals surface area contributed by atoms with E-state index >= 15 is 0 Å². The van der Waals surface area contributed by atoms with Gasteiger partial charge in [-0.1, -0.05) is 12.1 Å². The normalized spacial score (nSPS) is 13.8. The van der Waals surface area contributed by atoms with E-state index in [0.717, 1.165) is 16.5 Å². The van der Waals surface area contributed by atoms with Crippen LogP contribution in [0.1, 0.15) is 57.4 Å². The fourth-order valence-corrected chi connectivity index (χ4v) is 3.66. The number of aromatic amines is 1. The molecule has 4 rings (SSSR count). The molecule has 1 aliphatic rings. The third kappa shape index (κ3) is 3.42. The van der Waals surface area contributed by atoms with E-state index in [1.54, 1.807) is 12.1 Å². The molecule has 0 unspecified atom stereocenters. The third-order valence-corrected chi connectivity index (χ3v) is 5.14. The summed E-state index contributed by atoms with van der Waals surface area (Å²) in [6, 6.07) is 12.9. The molecule has 2 N–H and O–H groups in total. The van der Waals surface area contributed by atoms with E-state index in [0.29, 0.717) is 24.1 Å². The molecule has 1 aliphatic heterocycles. The van der Waals surface area contributed by atoms with Crippen LogP contribution in [0.2, 0.25) is 0 Å². The van der Waals surface area contributed by atoms with E-state index in [4.69, 9.17) is 0 Å². The van der Waals surface area contributed by atoms with Crippen LogP contribution in [0.15, 0.2) is 48.7 Å². The molecule has 0 radical (unpaired) electrons. The highest BCUT2D eigenvalue weighted by Crippen LogP contribution is 2.29. The van der Waals surface area contributed by atoms with Gasteiger partial charge in [-0.15, -0.1) is 0 Å². The Morgan fingerprint density at radius 1 is 1.00 bits per heavy atom. The Kier molecular flexibility index (Phi) is 4.49. The number of imide groups is 1. The molecule has 0 fully saturated rings. The second-order valence-corrected chi connectivity index (χ2v) is 8.28. The summed E-state index contributed by atoms with van der Waals surface area (Å²) in [6.07, 6.45) is 2.59. The number of carbonyl (C=O) groups excluding carboxylic acids is 3. The number of fused-ring (bicyclic) bond motifs is 2. The number of nitrogens with zero attached hydrogens (tertiary/aromatic N) is 1. The van der Waals surface area contributed by atoms with Crippen molar-refractivity contribution in [1.29, 1.82) is 0 Å². The second-order valence-electron chi connectivity index (χ2n) is 8.28. The summed E-state index contributed by atoms with van der Waals surface area (Å²) in [4.78, 5) is 42.2. The molecular weight excluding hydrogens is 366 g/mol. The van der Waals surface area contributed by atoms with Gasteiger partial charge in [-0.2, -0.15) is 0 Å². The summed E-state index contributed by atoms with van der Waals surface area (Å²) in [7, 11) is 0. The molecule has 6 heteroatoms. The maximum Gasteiger partial charge on any atom is 0.262 e. The summed E-state index contributed by atoms with van der Waals surface area (Å²) in [5, 5.41) is 4.04. The third-order valence-electron chi connectivity index (χ3n) is 5.14. The summed E-state index contributed by atoms with van der Waals surface area (Å²) < 4.78 is 0. The zero-order valence-corrected chi connectivity index (χ0v) is 16.7. The fourth-order valence-electron chi connectivity index (χ4n) is 3.66. The molecule has 0 bridgehead atoms. The van der Waals surface area contributed by atoms with Crippen molar-refractivity contribution in [1.82, 2.24) is 15.2 Å². The van der Waals surface area contributed by atoms with Gasteiger partial charge < -0.3 is 10.3 Å². The number of hydrogen-bond donors (Lipinski definition) is 2. The Morgan fingerprint density at radius 3 is 2.52 bits per heavy atom. The highest BCUT2D eigenvalue weighted by molar-refractivity contribution is 6.22. The van der Waals surface area contributed by atoms with Gasteiger partial charge in [-0.05, 0) is 68.5 Å². The Morgan fingerprint density at radius 2 is 1.76 bits per heavy atom. The van der Waals surface area contributed by atoms with Crippen LogP contribution in [0.3, 0.4) is 0 Å². The first-order valence-corrected chi connectivity index (χ1v) is 9.63. The van der Waals surface area contributed by atoms with Crippen molar-refractivity contribution in [3.8, 4) is 0 Å². The van der Waals surface area contributed by atoms with Crippen LogP contribution in [0.5, 0.6) is 0 Å². The quantitative estimate of drug-likeness (QED) is 0.670. The molecular formula is C23H23N3O3. The molecule has 2 heterocycles. The SMILES string of the molecule is CC(C)(C)N1C(=O)c2ccc(C(=O)NCCc3ccc4cc[nH]c4c3)cc2C1=O. The lowest BCUT2D eigenvalue weighted by molar-refractivity contribution is 0.0507. The first kappa shape index (κ1) is 18.9. The zero-order valence-electron chi connectivity index (χ0n) is 16.7. The molecule has 0 aliphatic carbocycles. The predicted octanol–water partition coefficient (Wildman–Crippen LogP) is 3.53. The van der Waals surface area contributed by atoms with Crippen molar-refractivity contribution < 1.29 is 14.4 Å². The maximum atomic E-state index is 12.7. The van der Waals surface area contributed by atoms with Gasteiger partial charge in [0.25, 0.3) is 17.7 Å². The fraction of sp³-hybridized carbons (Fsp3) is 0.261. The van der Waals surface area contributed by atoms with Crippen LogP contribution < -0.4 is 5.32 Å². The average Bonchev–Trinajstić information content (AvgIpc) is 3.23. The molecule has 3 aromatic rings. The maximum absolute atomic E-state index is 12.7. The van der Waals surface area contributed by atoms with Gasteiger partial charge in [-0.3, -0.25) is 19.3 Å². The monoisotopic (exact) mass is 389 g/mol. The van der Waals surface area contributed by atoms with Crippen LogP contribution in [0.25, 0.3) is 10.9 Å². The number of nitrogens with one attached hydrogen (secondary N) is 2. The van der Waals surface area contributed by atoms with Gasteiger partial charge in [0, 0.05) is 29.4 Å². The van der Waals surface area contributed by atoms with Crippen LogP contribution in [0, 0.1) is 0 Å². The molecule has 0 saturated carbocycles. The minimum absolute atomic E-state index is 0.261. The van der Waals surface area contributed by atoms with Crippen molar-refractivity contribution in [3.05, 3.63) is 70.9 Å². The number of amides is 3. The second kappa shape index (κ2) is 6.88. The lowest BCUT2D eigenvalue weighted by Crippen LogP contribution is -2.45. The standard InChI is InChI=1S/C23H23N3O3/c1-23(2,3)26-21(28)17-7-6-16(13-18(17)22(26)29)20(27)25-10-8-14-4-5-15-9-11-24-19(15)12-14/h4-7,9,11-13,24H,8,10H2,1-3H3,(H,25,27). The minimum Gasteiger partial charge on any atom is -0.361 e. The van der Waals surface area contributed by atoms with Crippen molar-refractivity contribution in [3.63, 3.8) is 0 Å². The van der Waals surface area contributed by atoms with Gasteiger partial charge in [0.2, 0.25) is 0 Å². The van der Waals surface area contributed by atoms with Gasteiger partial charge in [-0.25, -0.2) is 0 Å². The molecule has 0 atom stereocenters. The predicted molar refractivity (Wildman–Crippen MR) is 111 cm³/mol. The van der Waals surface area contributed by atoms with Crippen molar-refractivity contribution in [2.75, 3.05) is 6.54 Å². The lowest BCUT2D eigenvalue weighted by atomic mass is 10.1. The van der Waals surface area contributed by atoms with Crippen LogP contribution in [-0.4, -0.2) is 39.7 Å². The largest absolute Gasteiger partial charge is 0.361 e. The van der Waals surface area contributed by atoms with Crippen LogP contribution in [0.4, 0.5) is 0 Å². The minimum atomic E-state index is -0.615. The summed E-state index contributed by atoms with van der Waals surface area (Å²) in [5.74, 6) is -0.932. The Labute approximate surface area is 168 Å². The van der Waals surface area contributed by atoms with E-state index in [2.05, 4.69) is 16.4 Å². The van der Waals surface area contributed by atoms with E-state index in [1.165, 1.54) is 11.0 Å². The first-order chi connectivity index (χ1) is 13.8. The summed E-state index contributed by atoms with van der Waals surface area (Å²) >= 11 is 0. The van der Waals surface area contributed by atoms with E-state index in [-0.39, 0.29) is 23.3 Å². The first-order valence-electron chi connectivity index (χ1n) is 9.63. The average molecular weight is 389 g/mol. The number of carbonyl (C=O) groups is 3. The molecule has 148 valence electrons. The summed E-state index contributed by atoms with van der Waals surface area (Å²) in [5.41, 5.74) is 2.58. The number of H-pyrrole nitrogens is 1. The van der Waals surface area contributed by atoms with Crippen LogP contribution >= 0.6 is 0 Å². The Balaban J connectivity index is 1.44. The van der Waals surface area contributed by atoms with E-state index in [1.807, 2.05) is 45.2 Å². The molecule has 0 spiro atoms. The molecule has 29 heavy (non-hydrogen) atoms. The highest BCUT2D eigenvalue weighted by atomic mass is 16.2. The number of aromatic nitrogens is 1. The van der Waals surface area contributed by atoms with Gasteiger partial charge in [0.05, 0.1) is 11.1 Å². The molecule has 2 aromatic carbocycles. The van der Waals surface area contributed by atoms with E-state index in [9.17, 15) is 14.4 Å². The number of hydrogen-bond acceptors (Lipinski definition) is 3. The smallest absolute Gasteiger partial charge is 0.262 e. The molecule has 0 saturated heterocycles. The van der Waals surface area contributed by atoms with Gasteiger partial charge in [0.15, 0.2) is 0 Å². The number of rotatable bonds is 4.